The lowest BCUT2D eigenvalue weighted by atomic mass is 9.88. The summed E-state index contributed by atoms with van der Waals surface area (Å²) in [4.78, 5) is 17.2. The third-order valence-electron chi connectivity index (χ3n) is 5.49. The number of carbonyl (C=O) groups is 1. The van der Waals surface area contributed by atoms with Crippen LogP contribution < -0.4 is 5.73 Å². The monoisotopic (exact) mass is 331 g/mol. The van der Waals surface area contributed by atoms with Crippen LogP contribution in [0.5, 0.6) is 0 Å². The number of amides is 1. The first-order chi connectivity index (χ1) is 11.6. The fourth-order valence-corrected chi connectivity index (χ4v) is 3.77. The molecule has 5 heteroatoms. The molecule has 1 amide bonds. The Labute approximate surface area is 144 Å². The highest BCUT2D eigenvalue weighted by atomic mass is 16.5. The molecule has 0 unspecified atom stereocenters. The molecule has 0 aliphatic carbocycles. The lowest BCUT2D eigenvalue weighted by Gasteiger charge is -2.41. The molecule has 0 atom stereocenters. The van der Waals surface area contributed by atoms with Crippen molar-refractivity contribution in [3.63, 3.8) is 0 Å². The molecule has 0 aromatic heterocycles. The number of carbonyl (C=O) groups excluding carboxylic acids is 1. The molecule has 2 N–H and O–H groups in total. The van der Waals surface area contributed by atoms with Crippen molar-refractivity contribution < 1.29 is 9.53 Å². The average Bonchev–Trinajstić information content (AvgIpc) is 2.63. The van der Waals surface area contributed by atoms with Gasteiger partial charge in [-0.1, -0.05) is 30.3 Å². The van der Waals surface area contributed by atoms with E-state index in [1.807, 2.05) is 11.9 Å². The number of likely N-dealkylation sites (tertiary alicyclic amines) is 1. The highest BCUT2D eigenvalue weighted by Gasteiger charge is 2.40. The van der Waals surface area contributed by atoms with Crippen LogP contribution in [0.1, 0.15) is 31.2 Å². The van der Waals surface area contributed by atoms with E-state index in [1.165, 1.54) is 5.56 Å². The van der Waals surface area contributed by atoms with E-state index in [9.17, 15) is 4.79 Å². The van der Waals surface area contributed by atoms with E-state index in [2.05, 4.69) is 35.2 Å². The minimum Gasteiger partial charge on any atom is -0.381 e. The van der Waals surface area contributed by atoms with Crippen molar-refractivity contribution in [1.29, 1.82) is 0 Å². The van der Waals surface area contributed by atoms with E-state index in [0.29, 0.717) is 32.1 Å². The number of hydrogen-bond acceptors (Lipinski definition) is 4. The Morgan fingerprint density at radius 1 is 1.25 bits per heavy atom. The Morgan fingerprint density at radius 3 is 2.50 bits per heavy atom. The molecule has 3 rings (SSSR count). The summed E-state index contributed by atoms with van der Waals surface area (Å²) in [6.07, 6.45) is 3.29. The predicted molar refractivity (Wildman–Crippen MR) is 94.5 cm³/mol. The van der Waals surface area contributed by atoms with Gasteiger partial charge in [0, 0.05) is 45.9 Å². The molecule has 0 radical (unpaired) electrons. The van der Waals surface area contributed by atoms with Crippen molar-refractivity contribution in [2.45, 2.75) is 43.8 Å². The summed E-state index contributed by atoms with van der Waals surface area (Å²) in [6, 6.07) is 10.9. The van der Waals surface area contributed by atoms with Gasteiger partial charge in [0.25, 0.3) is 0 Å². The van der Waals surface area contributed by atoms with E-state index in [0.717, 1.165) is 32.5 Å². The standard InChI is InChI=1S/C19H29N3O2/c1-21(18(23)19(20)9-13-24-14-10-19)17-7-11-22(12-8-17)15-16-5-3-2-4-6-16/h2-6,17H,7-15,20H2,1H3. The van der Waals surface area contributed by atoms with Crippen LogP contribution in [0.3, 0.4) is 0 Å². The lowest BCUT2D eigenvalue weighted by molar-refractivity contribution is -0.142. The molecule has 2 fully saturated rings. The van der Waals surface area contributed by atoms with Gasteiger partial charge in [-0.05, 0) is 31.2 Å². The molecular weight excluding hydrogens is 302 g/mol. The van der Waals surface area contributed by atoms with Crippen molar-refractivity contribution in [1.82, 2.24) is 9.80 Å². The van der Waals surface area contributed by atoms with E-state index < -0.39 is 5.54 Å². The summed E-state index contributed by atoms with van der Waals surface area (Å²) in [5, 5.41) is 0. The smallest absolute Gasteiger partial charge is 0.242 e. The Balaban J connectivity index is 1.51. The minimum absolute atomic E-state index is 0.0901. The first-order valence-corrected chi connectivity index (χ1v) is 8.99. The highest BCUT2D eigenvalue weighted by molar-refractivity contribution is 5.86. The molecule has 132 valence electrons. The Kier molecular flexibility index (Phi) is 5.54. The van der Waals surface area contributed by atoms with Crippen LogP contribution in [0.15, 0.2) is 30.3 Å². The summed E-state index contributed by atoms with van der Waals surface area (Å²) in [5.74, 6) is 0.0901. The summed E-state index contributed by atoms with van der Waals surface area (Å²) >= 11 is 0. The summed E-state index contributed by atoms with van der Waals surface area (Å²) < 4.78 is 5.35. The number of nitrogens with two attached hydrogens (primary N) is 1. The molecule has 24 heavy (non-hydrogen) atoms. The summed E-state index contributed by atoms with van der Waals surface area (Å²) in [5.41, 5.74) is 6.98. The topological polar surface area (TPSA) is 58.8 Å². The molecule has 0 spiro atoms. The zero-order valence-electron chi connectivity index (χ0n) is 14.6. The molecule has 2 aliphatic rings. The van der Waals surface area contributed by atoms with Crippen molar-refractivity contribution in [2.75, 3.05) is 33.4 Å². The maximum absolute atomic E-state index is 12.8. The largest absolute Gasteiger partial charge is 0.381 e. The van der Waals surface area contributed by atoms with Gasteiger partial charge in [-0.15, -0.1) is 0 Å². The minimum atomic E-state index is -0.728. The van der Waals surface area contributed by atoms with Gasteiger partial charge in [-0.2, -0.15) is 0 Å². The third kappa shape index (κ3) is 3.97. The Bertz CT molecular complexity index is 535. The Hall–Kier alpha value is -1.43. The predicted octanol–water partition coefficient (Wildman–Crippen LogP) is 1.62. The molecule has 1 aromatic rings. The van der Waals surface area contributed by atoms with Crippen LogP contribution in [0.25, 0.3) is 0 Å². The number of likely N-dealkylation sites (N-methyl/N-ethyl adjacent to an activating group) is 1. The van der Waals surface area contributed by atoms with Crippen LogP contribution in [0.4, 0.5) is 0 Å². The van der Waals surface area contributed by atoms with Gasteiger partial charge in [0.15, 0.2) is 0 Å². The number of nitrogens with zero attached hydrogens (tertiary/aromatic N) is 2. The van der Waals surface area contributed by atoms with Gasteiger partial charge in [0.05, 0.1) is 5.54 Å². The number of hydrogen-bond donors (Lipinski definition) is 1. The second-order valence-corrected chi connectivity index (χ2v) is 7.18. The van der Waals surface area contributed by atoms with E-state index in [1.54, 1.807) is 0 Å². The third-order valence-corrected chi connectivity index (χ3v) is 5.49. The van der Waals surface area contributed by atoms with Crippen molar-refractivity contribution >= 4 is 5.91 Å². The van der Waals surface area contributed by atoms with Crippen LogP contribution in [0, 0.1) is 0 Å². The maximum Gasteiger partial charge on any atom is 0.242 e. The molecule has 2 aliphatic heterocycles. The highest BCUT2D eigenvalue weighted by Crippen LogP contribution is 2.24. The molecule has 2 heterocycles. The number of piperidine rings is 1. The molecule has 1 aromatic carbocycles. The van der Waals surface area contributed by atoms with E-state index in [4.69, 9.17) is 10.5 Å². The van der Waals surface area contributed by atoms with Crippen LogP contribution in [-0.4, -0.2) is 60.6 Å². The maximum atomic E-state index is 12.8. The van der Waals surface area contributed by atoms with Gasteiger partial charge in [0.2, 0.25) is 5.91 Å². The van der Waals surface area contributed by atoms with Crippen LogP contribution in [0.2, 0.25) is 0 Å². The zero-order valence-corrected chi connectivity index (χ0v) is 14.6. The van der Waals surface area contributed by atoms with Gasteiger partial charge in [0.1, 0.15) is 0 Å². The summed E-state index contributed by atoms with van der Waals surface area (Å²) in [7, 11) is 1.92. The molecule has 0 saturated carbocycles. The van der Waals surface area contributed by atoms with Crippen LogP contribution >= 0.6 is 0 Å². The first kappa shape index (κ1) is 17.4. The molecule has 2 saturated heterocycles. The van der Waals surface area contributed by atoms with E-state index in [-0.39, 0.29) is 5.91 Å². The van der Waals surface area contributed by atoms with Crippen molar-refractivity contribution in [2.24, 2.45) is 5.73 Å². The fourth-order valence-electron chi connectivity index (χ4n) is 3.77. The SMILES string of the molecule is CN(C(=O)C1(N)CCOCC1)C1CCN(Cc2ccccc2)CC1. The fraction of sp³-hybridized carbons (Fsp3) is 0.632. The number of benzene rings is 1. The molecular formula is C19H29N3O2. The van der Waals surface area contributed by atoms with Crippen LogP contribution in [-0.2, 0) is 16.1 Å². The summed E-state index contributed by atoms with van der Waals surface area (Å²) in [6.45, 7) is 4.22. The van der Waals surface area contributed by atoms with Gasteiger partial charge < -0.3 is 15.4 Å². The normalized spacial score (nSPS) is 22.2. The number of rotatable bonds is 4. The quantitative estimate of drug-likeness (QED) is 0.911. The molecule has 5 nitrogen and oxygen atoms in total. The Morgan fingerprint density at radius 2 is 1.88 bits per heavy atom. The molecule has 0 bridgehead atoms. The average molecular weight is 331 g/mol. The second kappa shape index (κ2) is 7.64. The van der Waals surface area contributed by atoms with Gasteiger partial charge in [-0.25, -0.2) is 0 Å². The van der Waals surface area contributed by atoms with Crippen molar-refractivity contribution in [3.8, 4) is 0 Å². The second-order valence-electron chi connectivity index (χ2n) is 7.18. The first-order valence-electron chi connectivity index (χ1n) is 8.99. The van der Waals surface area contributed by atoms with Gasteiger partial charge >= 0.3 is 0 Å². The zero-order chi connectivity index (χ0) is 17.0. The van der Waals surface area contributed by atoms with Gasteiger partial charge in [-0.3, -0.25) is 9.69 Å². The number of ether oxygens (including phenoxy) is 1. The lowest BCUT2D eigenvalue weighted by Crippen LogP contribution is -2.60. The van der Waals surface area contributed by atoms with E-state index >= 15 is 0 Å². The van der Waals surface area contributed by atoms with Crippen molar-refractivity contribution in [3.05, 3.63) is 35.9 Å².